The zero-order valence-electron chi connectivity index (χ0n) is 12.6. The number of rotatable bonds is 4. The molecule has 0 aromatic carbocycles. The van der Waals surface area contributed by atoms with E-state index in [4.69, 9.17) is 0 Å². The summed E-state index contributed by atoms with van der Waals surface area (Å²) >= 11 is 0. The Morgan fingerprint density at radius 1 is 1.43 bits per heavy atom. The SMILES string of the molecule is Cc1nc(NC(=O)NCc2cc(N(C)C)ccn2)nn1C. The van der Waals surface area contributed by atoms with Crippen molar-refractivity contribution in [3.05, 3.63) is 29.8 Å². The van der Waals surface area contributed by atoms with Crippen molar-refractivity contribution < 1.29 is 4.79 Å². The molecule has 0 radical (unpaired) electrons. The molecule has 0 atom stereocenters. The molecule has 0 fully saturated rings. The lowest BCUT2D eigenvalue weighted by Gasteiger charge is -2.13. The largest absolute Gasteiger partial charge is 0.378 e. The van der Waals surface area contributed by atoms with Crippen LogP contribution in [0.15, 0.2) is 18.3 Å². The van der Waals surface area contributed by atoms with Crippen LogP contribution in [0.1, 0.15) is 11.5 Å². The highest BCUT2D eigenvalue weighted by molar-refractivity contribution is 5.87. The van der Waals surface area contributed by atoms with Crippen LogP contribution in [-0.4, -0.2) is 39.9 Å². The highest BCUT2D eigenvalue weighted by Gasteiger charge is 2.08. The third-order valence-corrected chi connectivity index (χ3v) is 2.95. The van der Waals surface area contributed by atoms with E-state index in [1.165, 1.54) is 0 Å². The first-order valence-electron chi connectivity index (χ1n) is 6.50. The van der Waals surface area contributed by atoms with E-state index in [0.29, 0.717) is 6.54 Å². The molecular weight excluding hydrogens is 270 g/mol. The van der Waals surface area contributed by atoms with Gasteiger partial charge in [-0.15, -0.1) is 5.10 Å². The molecule has 0 bridgehead atoms. The number of hydrogen-bond acceptors (Lipinski definition) is 5. The van der Waals surface area contributed by atoms with Crippen molar-refractivity contribution in [2.24, 2.45) is 7.05 Å². The van der Waals surface area contributed by atoms with Gasteiger partial charge in [0.05, 0.1) is 12.2 Å². The van der Waals surface area contributed by atoms with Crippen molar-refractivity contribution in [2.75, 3.05) is 24.3 Å². The average Bonchev–Trinajstić information content (AvgIpc) is 2.75. The molecule has 0 aliphatic rings. The van der Waals surface area contributed by atoms with Crippen molar-refractivity contribution in [1.82, 2.24) is 25.1 Å². The highest BCUT2D eigenvalue weighted by Crippen LogP contribution is 2.10. The fourth-order valence-electron chi connectivity index (χ4n) is 1.67. The van der Waals surface area contributed by atoms with Crippen molar-refractivity contribution in [1.29, 1.82) is 0 Å². The number of anilines is 2. The number of nitrogens with zero attached hydrogens (tertiary/aromatic N) is 5. The van der Waals surface area contributed by atoms with Gasteiger partial charge in [0.2, 0.25) is 5.95 Å². The van der Waals surface area contributed by atoms with E-state index >= 15 is 0 Å². The zero-order valence-corrected chi connectivity index (χ0v) is 12.6. The standard InChI is InChI=1S/C13H19N7O/c1-9-16-12(18-20(9)4)17-13(21)15-8-10-7-11(19(2)3)5-6-14-10/h5-7H,8H2,1-4H3,(H2,15,17,18,21). The van der Waals surface area contributed by atoms with Crippen LogP contribution >= 0.6 is 0 Å². The Labute approximate surface area is 123 Å². The number of hydrogen-bond donors (Lipinski definition) is 2. The fraction of sp³-hybridized carbons (Fsp3) is 0.385. The minimum absolute atomic E-state index is 0.280. The molecule has 2 N–H and O–H groups in total. The Kier molecular flexibility index (Phi) is 4.36. The number of aromatic nitrogens is 4. The topological polar surface area (TPSA) is 88.0 Å². The van der Waals surface area contributed by atoms with Crippen molar-refractivity contribution in [3.8, 4) is 0 Å². The van der Waals surface area contributed by atoms with Gasteiger partial charge in [-0.05, 0) is 19.1 Å². The number of pyridine rings is 1. The van der Waals surface area contributed by atoms with Gasteiger partial charge in [0, 0.05) is 33.0 Å². The van der Waals surface area contributed by atoms with Gasteiger partial charge in [-0.25, -0.2) is 4.79 Å². The van der Waals surface area contributed by atoms with E-state index < -0.39 is 0 Å². The van der Waals surface area contributed by atoms with Gasteiger partial charge in [-0.1, -0.05) is 0 Å². The molecular formula is C13H19N7O. The lowest BCUT2D eigenvalue weighted by Crippen LogP contribution is -2.29. The zero-order chi connectivity index (χ0) is 15.4. The Balaban J connectivity index is 1.90. The van der Waals surface area contributed by atoms with Gasteiger partial charge >= 0.3 is 6.03 Å². The Hall–Kier alpha value is -2.64. The number of carbonyl (C=O) groups excluding carboxylic acids is 1. The number of nitrogens with one attached hydrogen (secondary N) is 2. The predicted octanol–water partition coefficient (Wildman–Crippen LogP) is 0.906. The quantitative estimate of drug-likeness (QED) is 0.873. The van der Waals surface area contributed by atoms with Gasteiger partial charge < -0.3 is 10.2 Å². The van der Waals surface area contributed by atoms with Crippen LogP contribution in [0, 0.1) is 6.92 Å². The van der Waals surface area contributed by atoms with Gasteiger partial charge in [-0.2, -0.15) is 4.98 Å². The molecule has 2 amide bonds. The van der Waals surface area contributed by atoms with Crippen molar-refractivity contribution >= 4 is 17.7 Å². The lowest BCUT2D eigenvalue weighted by atomic mass is 10.3. The second-order valence-electron chi connectivity index (χ2n) is 4.81. The third kappa shape index (κ3) is 3.91. The van der Waals surface area contributed by atoms with Gasteiger partial charge in [0.25, 0.3) is 0 Å². The summed E-state index contributed by atoms with van der Waals surface area (Å²) in [5.74, 6) is 1.01. The molecule has 0 saturated heterocycles. The minimum Gasteiger partial charge on any atom is -0.378 e. The van der Waals surface area contributed by atoms with E-state index in [1.807, 2.05) is 38.1 Å². The molecule has 2 aromatic rings. The van der Waals surface area contributed by atoms with Gasteiger partial charge in [0.1, 0.15) is 5.82 Å². The summed E-state index contributed by atoms with van der Waals surface area (Å²) in [7, 11) is 5.67. The summed E-state index contributed by atoms with van der Waals surface area (Å²) in [6, 6.07) is 3.46. The summed E-state index contributed by atoms with van der Waals surface area (Å²) in [6.07, 6.45) is 1.72. The molecule has 2 rings (SSSR count). The minimum atomic E-state index is -0.363. The van der Waals surface area contributed by atoms with Crippen LogP contribution < -0.4 is 15.5 Å². The first kappa shape index (κ1) is 14.8. The normalized spacial score (nSPS) is 10.3. The van der Waals surface area contributed by atoms with E-state index in [1.54, 1.807) is 17.9 Å². The van der Waals surface area contributed by atoms with Crippen LogP contribution in [-0.2, 0) is 13.6 Å². The molecule has 0 aliphatic heterocycles. The van der Waals surface area contributed by atoms with Crippen molar-refractivity contribution in [3.63, 3.8) is 0 Å². The van der Waals surface area contributed by atoms with E-state index in [-0.39, 0.29) is 12.0 Å². The van der Waals surface area contributed by atoms with Crippen LogP contribution in [0.2, 0.25) is 0 Å². The second kappa shape index (κ2) is 6.21. The molecule has 2 heterocycles. The average molecular weight is 289 g/mol. The molecule has 0 unspecified atom stereocenters. The number of amides is 2. The lowest BCUT2D eigenvalue weighted by molar-refractivity contribution is 0.251. The summed E-state index contributed by atoms with van der Waals surface area (Å²) in [5.41, 5.74) is 1.81. The summed E-state index contributed by atoms with van der Waals surface area (Å²) in [4.78, 5) is 22.1. The van der Waals surface area contributed by atoms with Crippen LogP contribution in [0.4, 0.5) is 16.4 Å². The Morgan fingerprint density at radius 2 is 2.19 bits per heavy atom. The maximum absolute atomic E-state index is 11.8. The molecule has 2 aromatic heterocycles. The maximum Gasteiger partial charge on any atom is 0.321 e. The Bertz CT molecular complexity index is 616. The van der Waals surface area contributed by atoms with Crippen LogP contribution in [0.25, 0.3) is 0 Å². The number of aryl methyl sites for hydroxylation is 2. The summed E-state index contributed by atoms with van der Waals surface area (Å²) in [6.45, 7) is 2.14. The molecule has 112 valence electrons. The van der Waals surface area contributed by atoms with E-state index in [9.17, 15) is 4.79 Å². The van der Waals surface area contributed by atoms with E-state index in [0.717, 1.165) is 17.2 Å². The van der Waals surface area contributed by atoms with E-state index in [2.05, 4.69) is 25.7 Å². The Morgan fingerprint density at radius 3 is 2.81 bits per heavy atom. The summed E-state index contributed by atoms with van der Waals surface area (Å²) < 4.78 is 1.59. The third-order valence-electron chi connectivity index (χ3n) is 2.95. The molecule has 0 aliphatic carbocycles. The molecule has 8 nitrogen and oxygen atoms in total. The van der Waals surface area contributed by atoms with Crippen molar-refractivity contribution in [2.45, 2.75) is 13.5 Å². The first-order valence-corrected chi connectivity index (χ1v) is 6.50. The van der Waals surface area contributed by atoms with Gasteiger partial charge in [0.15, 0.2) is 0 Å². The van der Waals surface area contributed by atoms with Gasteiger partial charge in [-0.3, -0.25) is 15.0 Å². The first-order chi connectivity index (χ1) is 9.95. The van der Waals surface area contributed by atoms with Crippen LogP contribution in [0.3, 0.4) is 0 Å². The van der Waals surface area contributed by atoms with Crippen LogP contribution in [0.5, 0.6) is 0 Å². The second-order valence-corrected chi connectivity index (χ2v) is 4.81. The summed E-state index contributed by atoms with van der Waals surface area (Å²) in [5, 5.41) is 9.36. The number of carbonyl (C=O) groups is 1. The molecule has 0 saturated carbocycles. The monoisotopic (exact) mass is 289 g/mol. The molecule has 21 heavy (non-hydrogen) atoms. The maximum atomic E-state index is 11.8. The fourth-order valence-corrected chi connectivity index (χ4v) is 1.67. The highest BCUT2D eigenvalue weighted by atomic mass is 16.2. The predicted molar refractivity (Wildman–Crippen MR) is 80.2 cm³/mol. The number of urea groups is 1. The smallest absolute Gasteiger partial charge is 0.321 e. The molecule has 8 heteroatoms. The molecule has 0 spiro atoms.